The minimum atomic E-state index is -1.10. The average Bonchev–Trinajstić information content (AvgIpc) is 2.63. The Morgan fingerprint density at radius 1 is 1.26 bits per heavy atom. The molecule has 1 fully saturated rings. The molecule has 0 saturated carbocycles. The van der Waals surface area contributed by atoms with Crippen molar-refractivity contribution in [2.75, 3.05) is 26.7 Å². The van der Waals surface area contributed by atoms with Crippen LogP contribution in [-0.4, -0.2) is 50.7 Å². The molecule has 6 nitrogen and oxygen atoms in total. The number of nitrogens with zero attached hydrogens (tertiary/aromatic N) is 1. The second-order valence-corrected chi connectivity index (χ2v) is 5.94. The van der Waals surface area contributed by atoms with E-state index in [1.807, 2.05) is 0 Å². The third-order valence-corrected chi connectivity index (χ3v) is 3.69. The van der Waals surface area contributed by atoms with E-state index >= 15 is 0 Å². The van der Waals surface area contributed by atoms with E-state index in [-0.39, 0.29) is 25.5 Å². The topological polar surface area (TPSA) is 65.1 Å². The quantitative estimate of drug-likeness (QED) is 0.560. The lowest BCUT2D eigenvalue weighted by Crippen LogP contribution is -2.47. The van der Waals surface area contributed by atoms with Crippen molar-refractivity contribution >= 4 is 24.5 Å². The first-order valence-electron chi connectivity index (χ1n) is 8.36. The van der Waals surface area contributed by atoms with E-state index in [1.165, 1.54) is 23.1 Å². The number of carbonyl (C=O) groups excluding carboxylic acids is 2. The van der Waals surface area contributed by atoms with Gasteiger partial charge in [-0.3, -0.25) is 14.5 Å². The molecule has 1 saturated heterocycles. The van der Waals surface area contributed by atoms with Gasteiger partial charge in [0.15, 0.2) is 0 Å². The summed E-state index contributed by atoms with van der Waals surface area (Å²) < 4.78 is 29.3. The summed E-state index contributed by atoms with van der Waals surface area (Å²) in [6.07, 6.45) is 4.20. The number of hydrogen-bond acceptors (Lipinski definition) is 6. The van der Waals surface area contributed by atoms with Crippen LogP contribution in [0.2, 0.25) is 0 Å². The van der Waals surface area contributed by atoms with Crippen LogP contribution in [0.4, 0.5) is 4.39 Å². The molecule has 0 unspecified atom stereocenters. The first-order valence-corrected chi connectivity index (χ1v) is 8.36. The van der Waals surface area contributed by atoms with Crippen molar-refractivity contribution in [2.45, 2.75) is 6.92 Å². The smallest absolute Gasteiger partial charge is 0.494 e. The van der Waals surface area contributed by atoms with E-state index in [0.717, 1.165) is 0 Å². The minimum absolute atomic E-state index is 0.00618. The Labute approximate surface area is 158 Å². The predicted octanol–water partition coefficient (Wildman–Crippen LogP) is 1.78. The number of rotatable bonds is 6. The molecule has 0 bridgehead atoms. The minimum Gasteiger partial charge on any atom is -0.494 e. The SMILES string of the molecule is C=C/C(=C\C(F)=C/C)COc1ccc(B2OC(=O)CN(C)CC(=O)O2)cc1. The van der Waals surface area contributed by atoms with Gasteiger partial charge in [-0.15, -0.1) is 0 Å². The zero-order valence-corrected chi connectivity index (χ0v) is 15.3. The van der Waals surface area contributed by atoms with Crippen molar-refractivity contribution in [3.8, 4) is 5.75 Å². The summed E-state index contributed by atoms with van der Waals surface area (Å²) in [7, 11) is 0.531. The highest BCUT2D eigenvalue weighted by atomic mass is 19.1. The summed E-state index contributed by atoms with van der Waals surface area (Å²) in [6, 6.07) is 6.56. The van der Waals surface area contributed by atoms with Crippen molar-refractivity contribution in [2.24, 2.45) is 0 Å². The number of allylic oxidation sites excluding steroid dienone is 3. The van der Waals surface area contributed by atoms with Crippen LogP contribution in [0, 0.1) is 0 Å². The van der Waals surface area contributed by atoms with E-state index in [2.05, 4.69) is 6.58 Å². The monoisotopic (exact) mass is 373 g/mol. The van der Waals surface area contributed by atoms with Crippen molar-refractivity contribution in [3.05, 3.63) is 60.5 Å². The standard InChI is InChI=1S/C19H21BFNO5/c1-4-14(10-16(21)5-2)13-25-17-8-6-15(7-9-17)20-26-18(23)11-22(3)12-19(24)27-20/h4-10H,1,11-13H2,2-3H3/b14-10+,16-5+. The summed E-state index contributed by atoms with van der Waals surface area (Å²) in [5.74, 6) is -0.817. The summed E-state index contributed by atoms with van der Waals surface area (Å²) in [5.41, 5.74) is 1.09. The molecule has 1 aliphatic heterocycles. The largest absolute Gasteiger partial charge is 0.636 e. The first-order chi connectivity index (χ1) is 12.9. The maximum Gasteiger partial charge on any atom is 0.636 e. The van der Waals surface area contributed by atoms with Crippen molar-refractivity contribution in [3.63, 3.8) is 0 Å². The highest BCUT2D eigenvalue weighted by molar-refractivity contribution is 6.64. The zero-order chi connectivity index (χ0) is 19.8. The Morgan fingerprint density at radius 3 is 2.37 bits per heavy atom. The second kappa shape index (κ2) is 9.73. The lowest BCUT2D eigenvalue weighted by Gasteiger charge is -2.22. The maximum absolute atomic E-state index is 13.3. The maximum atomic E-state index is 13.3. The zero-order valence-electron chi connectivity index (χ0n) is 15.3. The average molecular weight is 373 g/mol. The Bertz CT molecular complexity index is 740. The molecule has 142 valence electrons. The van der Waals surface area contributed by atoms with Gasteiger partial charge in [-0.1, -0.05) is 30.9 Å². The highest BCUT2D eigenvalue weighted by Crippen LogP contribution is 2.12. The fourth-order valence-electron chi connectivity index (χ4n) is 2.28. The number of likely N-dealkylation sites (N-methyl/N-ethyl adjacent to an activating group) is 1. The lowest BCUT2D eigenvalue weighted by atomic mass is 9.78. The van der Waals surface area contributed by atoms with Gasteiger partial charge >= 0.3 is 19.1 Å². The molecule has 0 aromatic heterocycles. The lowest BCUT2D eigenvalue weighted by molar-refractivity contribution is -0.145. The molecule has 1 heterocycles. The molecule has 0 aliphatic carbocycles. The fraction of sp³-hybridized carbons (Fsp3) is 0.263. The molecule has 8 heteroatoms. The van der Waals surface area contributed by atoms with Gasteiger partial charge in [0.05, 0.1) is 13.1 Å². The molecule has 2 rings (SSSR count). The van der Waals surface area contributed by atoms with Gasteiger partial charge in [-0.05, 0) is 37.8 Å². The summed E-state index contributed by atoms with van der Waals surface area (Å²) >= 11 is 0. The molecule has 1 aromatic carbocycles. The normalized spacial score (nSPS) is 16.9. The number of benzene rings is 1. The van der Waals surface area contributed by atoms with Crippen molar-refractivity contribution < 1.29 is 28.0 Å². The molecular weight excluding hydrogens is 352 g/mol. The Balaban J connectivity index is 2.03. The van der Waals surface area contributed by atoms with Crippen molar-refractivity contribution in [1.29, 1.82) is 0 Å². The van der Waals surface area contributed by atoms with Crippen LogP contribution >= 0.6 is 0 Å². The molecule has 0 radical (unpaired) electrons. The van der Waals surface area contributed by atoms with Gasteiger partial charge in [-0.2, -0.15) is 0 Å². The molecule has 0 amide bonds. The van der Waals surface area contributed by atoms with Crippen molar-refractivity contribution in [1.82, 2.24) is 4.90 Å². The van der Waals surface area contributed by atoms with E-state index < -0.39 is 19.1 Å². The summed E-state index contributed by atoms with van der Waals surface area (Å²) in [5, 5.41) is 0. The number of ether oxygens (including phenoxy) is 1. The van der Waals surface area contributed by atoms with Gasteiger partial charge in [0, 0.05) is 5.46 Å². The Kier molecular flexibility index (Phi) is 7.37. The Morgan fingerprint density at radius 2 is 1.85 bits per heavy atom. The van der Waals surface area contributed by atoms with Crippen LogP contribution in [0.15, 0.2) is 60.5 Å². The molecule has 1 aromatic rings. The number of carbonyl (C=O) groups is 2. The fourth-order valence-corrected chi connectivity index (χ4v) is 2.28. The third kappa shape index (κ3) is 6.42. The van der Waals surface area contributed by atoms with E-state index in [9.17, 15) is 14.0 Å². The van der Waals surface area contributed by atoms with Crippen LogP contribution in [-0.2, 0) is 18.9 Å². The van der Waals surface area contributed by atoms with Crippen LogP contribution in [0.3, 0.4) is 0 Å². The highest BCUT2D eigenvalue weighted by Gasteiger charge is 2.33. The molecule has 0 spiro atoms. The number of halogens is 1. The van der Waals surface area contributed by atoms with Crippen LogP contribution < -0.4 is 10.2 Å². The molecular formula is C19H21BFNO5. The van der Waals surface area contributed by atoms with Gasteiger partial charge in [0.25, 0.3) is 0 Å². The summed E-state index contributed by atoms with van der Waals surface area (Å²) in [4.78, 5) is 25.1. The number of hydrogen-bond donors (Lipinski definition) is 0. The van der Waals surface area contributed by atoms with Crippen LogP contribution in [0.1, 0.15) is 6.92 Å². The van der Waals surface area contributed by atoms with Crippen LogP contribution in [0.5, 0.6) is 5.75 Å². The van der Waals surface area contributed by atoms with E-state index in [4.69, 9.17) is 14.0 Å². The second-order valence-electron chi connectivity index (χ2n) is 5.94. The molecule has 0 N–H and O–H groups in total. The van der Waals surface area contributed by atoms with Gasteiger partial charge in [-0.25, -0.2) is 4.39 Å². The Hall–Kier alpha value is -2.87. The van der Waals surface area contributed by atoms with E-state index in [0.29, 0.717) is 16.8 Å². The third-order valence-electron chi connectivity index (χ3n) is 3.69. The van der Waals surface area contributed by atoms with Gasteiger partial charge < -0.3 is 14.0 Å². The van der Waals surface area contributed by atoms with Crippen LogP contribution in [0.25, 0.3) is 0 Å². The predicted molar refractivity (Wildman–Crippen MR) is 100 cm³/mol. The molecule has 27 heavy (non-hydrogen) atoms. The van der Waals surface area contributed by atoms with E-state index in [1.54, 1.807) is 38.2 Å². The molecule has 1 aliphatic rings. The first kappa shape index (κ1) is 20.4. The van der Waals surface area contributed by atoms with Gasteiger partial charge in [0.1, 0.15) is 18.2 Å². The summed E-state index contributed by atoms with van der Waals surface area (Å²) in [6.45, 7) is 5.38. The molecule has 0 atom stereocenters. The van der Waals surface area contributed by atoms with Gasteiger partial charge in [0.2, 0.25) is 0 Å².